The number of fused-ring (bicyclic) bond motifs is 3. The summed E-state index contributed by atoms with van der Waals surface area (Å²) in [6.07, 6.45) is 1.93. The molecular weight excluding hydrogens is 420 g/mol. The lowest BCUT2D eigenvalue weighted by Crippen LogP contribution is -2.44. The molecule has 2 aromatic rings. The van der Waals surface area contributed by atoms with E-state index in [4.69, 9.17) is 9.84 Å². The number of alkyl carbamates (subject to hydrolysis) is 1. The lowest BCUT2D eigenvalue weighted by molar-refractivity contribution is -0.142. The number of nitrogens with one attached hydrogen (secondary N) is 2. The van der Waals surface area contributed by atoms with E-state index in [-0.39, 0.29) is 36.9 Å². The van der Waals surface area contributed by atoms with E-state index in [1.54, 1.807) is 6.92 Å². The second kappa shape index (κ2) is 10.1. The molecule has 33 heavy (non-hydrogen) atoms. The molecule has 3 N–H and O–H groups in total. The van der Waals surface area contributed by atoms with Crippen LogP contribution < -0.4 is 10.6 Å². The Morgan fingerprint density at radius 1 is 0.970 bits per heavy atom. The average Bonchev–Trinajstić information content (AvgIpc) is 3.15. The number of hydrogen-bond donors (Lipinski definition) is 3. The van der Waals surface area contributed by atoms with Crippen LogP contribution in [0.25, 0.3) is 11.1 Å². The van der Waals surface area contributed by atoms with Gasteiger partial charge in [0.05, 0.1) is 11.8 Å². The Morgan fingerprint density at radius 2 is 1.55 bits per heavy atom. The van der Waals surface area contributed by atoms with Gasteiger partial charge >= 0.3 is 12.1 Å². The number of rotatable bonds is 7. The molecule has 0 aromatic heterocycles. The monoisotopic (exact) mass is 450 g/mol. The fourth-order valence-electron chi connectivity index (χ4n) is 4.81. The molecule has 2 aliphatic rings. The molecule has 1 fully saturated rings. The Kier molecular flexibility index (Phi) is 6.96. The third-order valence-electron chi connectivity index (χ3n) is 6.77. The van der Waals surface area contributed by atoms with Crippen LogP contribution >= 0.6 is 0 Å². The Labute approximate surface area is 193 Å². The van der Waals surface area contributed by atoms with Crippen LogP contribution in [0.2, 0.25) is 0 Å². The van der Waals surface area contributed by atoms with Crippen LogP contribution in [0.4, 0.5) is 4.79 Å². The molecule has 7 heteroatoms. The third kappa shape index (κ3) is 5.18. The molecule has 1 unspecified atom stereocenters. The van der Waals surface area contributed by atoms with Crippen molar-refractivity contribution in [3.05, 3.63) is 59.7 Å². The molecule has 0 aliphatic heterocycles. The molecule has 0 heterocycles. The van der Waals surface area contributed by atoms with E-state index >= 15 is 0 Å². The van der Waals surface area contributed by atoms with Gasteiger partial charge in [0.2, 0.25) is 5.91 Å². The summed E-state index contributed by atoms with van der Waals surface area (Å²) in [5, 5.41) is 14.8. The first-order valence-electron chi connectivity index (χ1n) is 11.6. The summed E-state index contributed by atoms with van der Waals surface area (Å²) in [5.74, 6) is -1.65. The summed E-state index contributed by atoms with van der Waals surface area (Å²) in [7, 11) is 0. The van der Waals surface area contributed by atoms with Crippen LogP contribution in [-0.2, 0) is 14.3 Å². The van der Waals surface area contributed by atoms with Crippen LogP contribution in [0.5, 0.6) is 0 Å². The van der Waals surface area contributed by atoms with Crippen LogP contribution in [0, 0.1) is 11.8 Å². The van der Waals surface area contributed by atoms with Gasteiger partial charge < -0.3 is 20.5 Å². The first kappa shape index (κ1) is 22.8. The van der Waals surface area contributed by atoms with Crippen molar-refractivity contribution < 1.29 is 24.2 Å². The highest BCUT2D eigenvalue weighted by molar-refractivity contribution is 5.80. The maximum absolute atomic E-state index is 12.5. The van der Waals surface area contributed by atoms with E-state index in [0.717, 1.165) is 11.1 Å². The summed E-state index contributed by atoms with van der Waals surface area (Å²) < 4.78 is 5.52. The number of aliphatic carboxylic acids is 1. The molecule has 0 bridgehead atoms. The summed E-state index contributed by atoms with van der Waals surface area (Å²) >= 11 is 0. The number of ether oxygens (including phenoxy) is 1. The van der Waals surface area contributed by atoms with Gasteiger partial charge in [-0.15, -0.1) is 0 Å². The minimum atomic E-state index is -0.763. The van der Waals surface area contributed by atoms with Gasteiger partial charge in [-0.3, -0.25) is 9.59 Å². The minimum absolute atomic E-state index is 0.00926. The Bertz CT molecular complexity index is 983. The SMILES string of the molecule is CC(CNC(=O)OCC1c2ccccc2-c2ccccc21)C(=O)NC1CCC(C(=O)O)CC1. The van der Waals surface area contributed by atoms with Crippen molar-refractivity contribution in [2.45, 2.75) is 44.6 Å². The van der Waals surface area contributed by atoms with Crippen LogP contribution in [0.15, 0.2) is 48.5 Å². The van der Waals surface area contributed by atoms with Gasteiger partial charge in [0.1, 0.15) is 6.61 Å². The zero-order valence-corrected chi connectivity index (χ0v) is 18.8. The van der Waals surface area contributed by atoms with Gasteiger partial charge in [0.15, 0.2) is 0 Å². The Hall–Kier alpha value is -3.35. The summed E-state index contributed by atoms with van der Waals surface area (Å²) in [6.45, 7) is 2.15. The van der Waals surface area contributed by atoms with Crippen molar-refractivity contribution in [2.24, 2.45) is 11.8 Å². The lowest BCUT2D eigenvalue weighted by atomic mass is 9.86. The average molecular weight is 451 g/mol. The Morgan fingerprint density at radius 3 is 2.12 bits per heavy atom. The standard InChI is InChI=1S/C26H30N2O5/c1-16(24(29)28-18-12-10-17(11-13-18)25(30)31)14-27-26(32)33-15-23-21-8-4-2-6-19(21)20-7-3-5-9-22(20)23/h2-9,16-18,23H,10-15H2,1H3,(H,27,32)(H,28,29)(H,30,31). The molecule has 174 valence electrons. The second-order valence-corrected chi connectivity index (χ2v) is 9.00. The van der Waals surface area contributed by atoms with Gasteiger partial charge in [-0.2, -0.15) is 0 Å². The number of carbonyl (C=O) groups excluding carboxylic acids is 2. The molecule has 4 rings (SSSR count). The molecule has 1 saturated carbocycles. The molecular formula is C26H30N2O5. The van der Waals surface area contributed by atoms with E-state index in [1.807, 2.05) is 24.3 Å². The highest BCUT2D eigenvalue weighted by atomic mass is 16.5. The quantitative estimate of drug-likeness (QED) is 0.593. The van der Waals surface area contributed by atoms with E-state index in [9.17, 15) is 14.4 Å². The largest absolute Gasteiger partial charge is 0.481 e. The van der Waals surface area contributed by atoms with Gasteiger partial charge in [-0.1, -0.05) is 55.5 Å². The van der Waals surface area contributed by atoms with E-state index in [2.05, 4.69) is 34.9 Å². The normalized spacial score (nSPS) is 20.3. The van der Waals surface area contributed by atoms with Crippen molar-refractivity contribution >= 4 is 18.0 Å². The topological polar surface area (TPSA) is 105 Å². The van der Waals surface area contributed by atoms with Crippen molar-refractivity contribution in [1.82, 2.24) is 10.6 Å². The van der Waals surface area contributed by atoms with Gasteiger partial charge in [-0.05, 0) is 47.9 Å². The number of carboxylic acids is 1. The van der Waals surface area contributed by atoms with Crippen molar-refractivity contribution in [2.75, 3.05) is 13.2 Å². The van der Waals surface area contributed by atoms with E-state index in [1.165, 1.54) is 11.1 Å². The zero-order valence-electron chi connectivity index (χ0n) is 18.8. The molecule has 0 radical (unpaired) electrons. The number of amides is 2. The Balaban J connectivity index is 1.23. The fourth-order valence-corrected chi connectivity index (χ4v) is 4.81. The first-order valence-corrected chi connectivity index (χ1v) is 11.6. The van der Waals surface area contributed by atoms with Crippen LogP contribution in [0.1, 0.15) is 49.7 Å². The smallest absolute Gasteiger partial charge is 0.407 e. The summed E-state index contributed by atoms with van der Waals surface area (Å²) in [6, 6.07) is 16.3. The van der Waals surface area contributed by atoms with Crippen molar-refractivity contribution in [3.8, 4) is 11.1 Å². The lowest BCUT2D eigenvalue weighted by Gasteiger charge is -2.27. The van der Waals surface area contributed by atoms with Gasteiger partial charge in [0.25, 0.3) is 0 Å². The van der Waals surface area contributed by atoms with E-state index in [0.29, 0.717) is 25.7 Å². The second-order valence-electron chi connectivity index (χ2n) is 9.00. The molecule has 0 saturated heterocycles. The summed E-state index contributed by atoms with van der Waals surface area (Å²) in [4.78, 5) is 35.8. The van der Waals surface area contributed by atoms with Gasteiger partial charge in [-0.25, -0.2) is 4.79 Å². The summed E-state index contributed by atoms with van der Waals surface area (Å²) in [5.41, 5.74) is 4.64. The third-order valence-corrected chi connectivity index (χ3v) is 6.77. The highest BCUT2D eigenvalue weighted by Crippen LogP contribution is 2.44. The number of carbonyl (C=O) groups is 3. The van der Waals surface area contributed by atoms with Crippen LogP contribution in [-0.4, -0.2) is 42.3 Å². The predicted octanol–water partition coefficient (Wildman–Crippen LogP) is 3.92. The van der Waals surface area contributed by atoms with Crippen LogP contribution in [0.3, 0.4) is 0 Å². The molecule has 2 aliphatic carbocycles. The maximum Gasteiger partial charge on any atom is 0.407 e. The molecule has 1 atom stereocenters. The first-order chi connectivity index (χ1) is 15.9. The predicted molar refractivity (Wildman–Crippen MR) is 124 cm³/mol. The number of hydrogen-bond acceptors (Lipinski definition) is 4. The van der Waals surface area contributed by atoms with Crippen molar-refractivity contribution in [3.63, 3.8) is 0 Å². The number of carboxylic acid groups (broad SMARTS) is 1. The van der Waals surface area contributed by atoms with Gasteiger partial charge in [0, 0.05) is 18.5 Å². The van der Waals surface area contributed by atoms with Crippen molar-refractivity contribution in [1.29, 1.82) is 0 Å². The highest BCUT2D eigenvalue weighted by Gasteiger charge is 2.30. The van der Waals surface area contributed by atoms with E-state index < -0.39 is 18.0 Å². The minimum Gasteiger partial charge on any atom is -0.481 e. The zero-order chi connectivity index (χ0) is 23.4. The number of benzene rings is 2. The molecule has 7 nitrogen and oxygen atoms in total. The molecule has 2 aromatic carbocycles. The molecule has 2 amide bonds. The molecule has 0 spiro atoms. The fraction of sp³-hybridized carbons (Fsp3) is 0.423. The maximum atomic E-state index is 12.5.